The van der Waals surface area contributed by atoms with E-state index in [-0.39, 0.29) is 11.3 Å². The lowest BCUT2D eigenvalue weighted by Crippen LogP contribution is -2.48. The van der Waals surface area contributed by atoms with Crippen molar-refractivity contribution in [1.82, 2.24) is 0 Å². The number of phenols is 1. The van der Waals surface area contributed by atoms with Gasteiger partial charge in [-0.25, -0.2) is 9.59 Å². The van der Waals surface area contributed by atoms with Gasteiger partial charge < -0.3 is 40.9 Å². The summed E-state index contributed by atoms with van der Waals surface area (Å²) in [6.45, 7) is -0.843. The Bertz CT molecular complexity index is 517. The van der Waals surface area contributed by atoms with Gasteiger partial charge in [-0.1, -0.05) is 12.1 Å². The Morgan fingerprint density at radius 2 is 1.48 bits per heavy atom. The Kier molecular flexibility index (Phi) is 8.77. The molecular weight excluding hydrogens is 316 g/mol. The second kappa shape index (κ2) is 9.71. The first-order chi connectivity index (χ1) is 10.6. The molecule has 1 rings (SSSR count). The van der Waals surface area contributed by atoms with Crippen molar-refractivity contribution in [3.05, 3.63) is 29.8 Å². The molecule has 130 valence electrons. The van der Waals surface area contributed by atoms with Crippen LogP contribution in [0.25, 0.3) is 0 Å². The molecule has 0 bridgehead atoms. The van der Waals surface area contributed by atoms with Crippen molar-refractivity contribution in [2.45, 2.75) is 24.4 Å². The zero-order chi connectivity index (χ0) is 18.2. The summed E-state index contributed by atoms with van der Waals surface area (Å²) in [7, 11) is 0. The summed E-state index contributed by atoms with van der Waals surface area (Å²) in [5.41, 5.74) is -0.0671. The van der Waals surface area contributed by atoms with Crippen molar-refractivity contribution >= 4 is 11.9 Å². The molecule has 0 aliphatic rings. The van der Waals surface area contributed by atoms with Crippen LogP contribution >= 0.6 is 0 Å². The van der Waals surface area contributed by atoms with Crippen LogP contribution in [0, 0.1) is 0 Å². The summed E-state index contributed by atoms with van der Waals surface area (Å²) in [5.74, 6) is -3.04. The lowest BCUT2D eigenvalue weighted by Gasteiger charge is -2.23. The van der Waals surface area contributed by atoms with Crippen LogP contribution in [0.1, 0.15) is 10.4 Å². The van der Waals surface area contributed by atoms with Gasteiger partial charge in [0.2, 0.25) is 0 Å². The molecule has 23 heavy (non-hydrogen) atoms. The van der Waals surface area contributed by atoms with E-state index in [0.29, 0.717) is 0 Å². The number of aromatic hydroxyl groups is 1. The van der Waals surface area contributed by atoms with E-state index in [1.165, 1.54) is 12.1 Å². The first-order valence-electron chi connectivity index (χ1n) is 6.20. The molecule has 10 heteroatoms. The number of aliphatic carboxylic acids is 1. The van der Waals surface area contributed by atoms with Crippen LogP contribution in [0.4, 0.5) is 0 Å². The van der Waals surface area contributed by atoms with Gasteiger partial charge in [0.15, 0.2) is 6.10 Å². The number of para-hydroxylation sites is 1. The van der Waals surface area contributed by atoms with Crippen LogP contribution < -0.4 is 0 Å². The third-order valence-electron chi connectivity index (χ3n) is 2.64. The minimum atomic E-state index is -2.20. The van der Waals surface area contributed by atoms with Crippen LogP contribution in [0.2, 0.25) is 0 Å². The monoisotopic (exact) mass is 334 g/mol. The highest BCUT2D eigenvalue weighted by Crippen LogP contribution is 2.14. The second-order valence-corrected chi connectivity index (χ2v) is 4.34. The number of aliphatic hydroxyl groups is 5. The van der Waals surface area contributed by atoms with Crippen LogP contribution in [0.15, 0.2) is 24.3 Å². The highest BCUT2D eigenvalue weighted by molar-refractivity contribution is 5.90. The summed E-state index contributed by atoms with van der Waals surface area (Å²) in [5, 5.41) is 69.1. The molecule has 8 N–H and O–H groups in total. The van der Waals surface area contributed by atoms with Gasteiger partial charge in [-0.3, -0.25) is 0 Å². The lowest BCUT2D eigenvalue weighted by molar-refractivity contribution is -0.164. The molecule has 0 radical (unpaired) electrons. The quantitative estimate of drug-likeness (QED) is 0.277. The summed E-state index contributed by atoms with van der Waals surface area (Å²) in [6, 6.07) is 5.81. The predicted molar refractivity (Wildman–Crippen MR) is 73.8 cm³/mol. The van der Waals surface area contributed by atoms with Gasteiger partial charge in [0.25, 0.3) is 0 Å². The Morgan fingerprint density at radius 3 is 1.83 bits per heavy atom. The fourth-order valence-electron chi connectivity index (χ4n) is 1.32. The fourth-order valence-corrected chi connectivity index (χ4v) is 1.32. The number of rotatable bonds is 6. The average molecular weight is 334 g/mol. The number of carboxylic acids is 2. The van der Waals surface area contributed by atoms with E-state index in [4.69, 9.17) is 40.9 Å². The minimum Gasteiger partial charge on any atom is -0.507 e. The maximum absolute atomic E-state index is 10.3. The van der Waals surface area contributed by atoms with Crippen LogP contribution in [-0.2, 0) is 4.79 Å². The van der Waals surface area contributed by atoms with E-state index in [9.17, 15) is 9.59 Å². The van der Waals surface area contributed by atoms with Gasteiger partial charge >= 0.3 is 11.9 Å². The Morgan fingerprint density at radius 1 is 0.957 bits per heavy atom. The highest BCUT2D eigenvalue weighted by atomic mass is 16.4. The molecule has 4 atom stereocenters. The van der Waals surface area contributed by atoms with Crippen molar-refractivity contribution in [2.75, 3.05) is 6.61 Å². The molecule has 0 heterocycles. The zero-order valence-electron chi connectivity index (χ0n) is 11.7. The number of carbonyl (C=O) groups is 2. The smallest absolute Gasteiger partial charge is 0.339 e. The SMILES string of the molecule is O=C(O)[C@H](O)[C@@H](O)[C@H](O)[C@H](O)CO.O=C(O)c1ccccc1O. The molecule has 0 aliphatic carbocycles. The molecule has 0 aromatic heterocycles. The van der Waals surface area contributed by atoms with E-state index >= 15 is 0 Å². The largest absolute Gasteiger partial charge is 0.507 e. The van der Waals surface area contributed by atoms with E-state index in [2.05, 4.69) is 0 Å². The normalized spacial score (nSPS) is 15.5. The second-order valence-electron chi connectivity index (χ2n) is 4.34. The number of aromatic carboxylic acids is 1. The van der Waals surface area contributed by atoms with Gasteiger partial charge in [0.05, 0.1) is 6.61 Å². The molecule has 10 nitrogen and oxygen atoms in total. The third kappa shape index (κ3) is 6.59. The fraction of sp³-hybridized carbons (Fsp3) is 0.385. The number of benzene rings is 1. The molecule has 1 aromatic carbocycles. The van der Waals surface area contributed by atoms with Gasteiger partial charge in [0, 0.05) is 0 Å². The van der Waals surface area contributed by atoms with Gasteiger partial charge in [-0.2, -0.15) is 0 Å². The Hall–Kier alpha value is -2.24. The standard InChI is InChI=1S/C7H6O3.C6H12O7/c8-6-4-2-1-3-5(6)7(9)10;7-1-2(8)3(9)4(10)5(11)6(12)13/h1-4,8H,(H,9,10);2-5,7-11H,1H2,(H,12,13)/t;2-,3-,4+,5-/m.1/s1. The third-order valence-corrected chi connectivity index (χ3v) is 2.64. The minimum absolute atomic E-state index is 0.0671. The molecule has 0 amide bonds. The number of hydrogen-bond donors (Lipinski definition) is 8. The number of carboxylic acid groups (broad SMARTS) is 2. The molecule has 1 aromatic rings. The van der Waals surface area contributed by atoms with Crippen molar-refractivity contribution in [1.29, 1.82) is 0 Å². The molecule has 0 fully saturated rings. The molecule has 0 saturated carbocycles. The Labute approximate surface area is 130 Å². The van der Waals surface area contributed by atoms with E-state index < -0.39 is 43.0 Å². The maximum atomic E-state index is 10.3. The highest BCUT2D eigenvalue weighted by Gasteiger charge is 2.33. The van der Waals surface area contributed by atoms with Crippen molar-refractivity contribution in [3.8, 4) is 5.75 Å². The van der Waals surface area contributed by atoms with Crippen LogP contribution in [-0.4, -0.2) is 83.8 Å². The van der Waals surface area contributed by atoms with Crippen molar-refractivity contribution in [2.24, 2.45) is 0 Å². The first kappa shape index (κ1) is 20.8. The Balaban J connectivity index is 0.000000433. The van der Waals surface area contributed by atoms with E-state index in [1.54, 1.807) is 12.1 Å². The summed E-state index contributed by atoms with van der Waals surface area (Å²) in [4.78, 5) is 20.4. The van der Waals surface area contributed by atoms with Crippen molar-refractivity contribution < 1.29 is 50.4 Å². The topological polar surface area (TPSA) is 196 Å². The number of hydrogen-bond acceptors (Lipinski definition) is 8. The molecule has 0 spiro atoms. The number of aliphatic hydroxyl groups excluding tert-OH is 5. The van der Waals surface area contributed by atoms with Crippen molar-refractivity contribution in [3.63, 3.8) is 0 Å². The van der Waals surface area contributed by atoms with Crippen LogP contribution in [0.3, 0.4) is 0 Å². The molecular formula is C13H18O10. The summed E-state index contributed by atoms with van der Waals surface area (Å²) < 4.78 is 0. The molecule has 0 unspecified atom stereocenters. The molecule has 0 saturated heterocycles. The van der Waals surface area contributed by atoms with Gasteiger partial charge in [-0.15, -0.1) is 0 Å². The summed E-state index contributed by atoms with van der Waals surface area (Å²) in [6.07, 6.45) is -7.84. The lowest BCUT2D eigenvalue weighted by atomic mass is 10.0. The zero-order valence-corrected chi connectivity index (χ0v) is 11.7. The first-order valence-corrected chi connectivity index (χ1v) is 6.20. The van der Waals surface area contributed by atoms with Gasteiger partial charge in [0.1, 0.15) is 29.6 Å². The average Bonchev–Trinajstić information content (AvgIpc) is 2.52. The van der Waals surface area contributed by atoms with E-state index in [0.717, 1.165) is 0 Å². The van der Waals surface area contributed by atoms with Gasteiger partial charge in [-0.05, 0) is 12.1 Å². The molecule has 0 aliphatic heterocycles. The maximum Gasteiger partial charge on any atom is 0.339 e. The summed E-state index contributed by atoms with van der Waals surface area (Å²) >= 11 is 0. The van der Waals surface area contributed by atoms with Crippen LogP contribution in [0.5, 0.6) is 5.75 Å². The predicted octanol–water partition coefficient (Wildman–Crippen LogP) is -2.40. The van der Waals surface area contributed by atoms with E-state index in [1.807, 2.05) is 0 Å².